The number of morpholine rings is 1. The van der Waals surface area contributed by atoms with E-state index in [1.807, 2.05) is 30.5 Å². The second kappa shape index (κ2) is 4.52. The van der Waals surface area contributed by atoms with E-state index in [-0.39, 0.29) is 12.1 Å². The molecular formula is C16H18N2O2. The summed E-state index contributed by atoms with van der Waals surface area (Å²) in [6.45, 7) is 1.36. The summed E-state index contributed by atoms with van der Waals surface area (Å²) in [4.78, 5) is 4.48. The molecule has 2 fully saturated rings. The molecule has 0 spiro atoms. The van der Waals surface area contributed by atoms with Gasteiger partial charge < -0.3 is 15.2 Å². The van der Waals surface area contributed by atoms with Crippen LogP contribution in [0.2, 0.25) is 0 Å². The molecule has 20 heavy (non-hydrogen) atoms. The first kappa shape index (κ1) is 12.3. The Bertz CT molecular complexity index is 631. The highest BCUT2D eigenvalue weighted by Gasteiger charge is 2.42. The molecule has 0 radical (unpaired) electrons. The van der Waals surface area contributed by atoms with Gasteiger partial charge in [0.1, 0.15) is 0 Å². The Hall–Kier alpha value is -1.49. The number of para-hydroxylation sites is 1. The number of piperidine rings is 1. The normalized spacial score (nSPS) is 33.2. The van der Waals surface area contributed by atoms with Crippen LogP contribution >= 0.6 is 0 Å². The van der Waals surface area contributed by atoms with E-state index < -0.39 is 5.60 Å². The Labute approximate surface area is 117 Å². The van der Waals surface area contributed by atoms with Gasteiger partial charge in [-0.3, -0.25) is 4.98 Å². The van der Waals surface area contributed by atoms with Crippen LogP contribution < -0.4 is 5.32 Å². The highest BCUT2D eigenvalue weighted by atomic mass is 16.5. The van der Waals surface area contributed by atoms with Crippen LogP contribution in [-0.2, 0) is 10.3 Å². The fourth-order valence-electron chi connectivity index (χ4n) is 3.48. The van der Waals surface area contributed by atoms with Crippen molar-refractivity contribution in [3.05, 3.63) is 42.1 Å². The molecule has 1 aromatic heterocycles. The molecule has 2 aliphatic rings. The molecule has 0 saturated carbocycles. The number of nitrogens with zero attached hydrogens (tertiary/aromatic N) is 1. The number of ether oxygens (including phenoxy) is 1. The lowest BCUT2D eigenvalue weighted by atomic mass is 9.78. The van der Waals surface area contributed by atoms with Crippen LogP contribution in [0.25, 0.3) is 10.9 Å². The third-order valence-electron chi connectivity index (χ3n) is 4.41. The van der Waals surface area contributed by atoms with Gasteiger partial charge in [0.05, 0.1) is 24.3 Å². The molecule has 1 aromatic carbocycles. The monoisotopic (exact) mass is 270 g/mol. The Balaban J connectivity index is 1.73. The van der Waals surface area contributed by atoms with Gasteiger partial charge in [0.15, 0.2) is 0 Å². The first-order valence-electron chi connectivity index (χ1n) is 7.14. The topological polar surface area (TPSA) is 54.4 Å². The lowest BCUT2D eigenvalue weighted by molar-refractivity contribution is -0.0803. The molecule has 0 amide bonds. The van der Waals surface area contributed by atoms with E-state index in [0.29, 0.717) is 26.1 Å². The summed E-state index contributed by atoms with van der Waals surface area (Å²) in [6, 6.07) is 10.6. The van der Waals surface area contributed by atoms with Gasteiger partial charge in [-0.25, -0.2) is 0 Å². The molecule has 2 aliphatic heterocycles. The van der Waals surface area contributed by atoms with Crippen molar-refractivity contribution in [3.63, 3.8) is 0 Å². The van der Waals surface area contributed by atoms with Crippen molar-refractivity contribution < 1.29 is 9.84 Å². The minimum atomic E-state index is -0.790. The maximum absolute atomic E-state index is 11.1. The van der Waals surface area contributed by atoms with Crippen LogP contribution in [0.1, 0.15) is 18.4 Å². The summed E-state index contributed by atoms with van der Waals surface area (Å²) in [5.41, 5.74) is 1.11. The van der Waals surface area contributed by atoms with Gasteiger partial charge in [0, 0.05) is 29.2 Å². The molecule has 3 heterocycles. The molecule has 4 rings (SSSR count). The molecule has 2 atom stereocenters. The minimum Gasteiger partial charge on any atom is -0.385 e. The fourth-order valence-corrected chi connectivity index (χ4v) is 3.48. The summed E-state index contributed by atoms with van der Waals surface area (Å²) in [6.07, 6.45) is 3.19. The van der Waals surface area contributed by atoms with Gasteiger partial charge in [-0.15, -0.1) is 0 Å². The number of aliphatic hydroxyl groups is 1. The molecule has 2 saturated heterocycles. The highest BCUT2D eigenvalue weighted by molar-refractivity contribution is 5.78. The summed E-state index contributed by atoms with van der Waals surface area (Å²) in [5.74, 6) is 0. The molecular weight excluding hydrogens is 252 g/mol. The first-order chi connectivity index (χ1) is 9.73. The van der Waals surface area contributed by atoms with E-state index in [1.54, 1.807) is 0 Å². The van der Waals surface area contributed by atoms with Crippen LogP contribution in [0.15, 0.2) is 36.5 Å². The minimum absolute atomic E-state index is 0.235. The number of nitrogens with one attached hydrogen (secondary N) is 1. The van der Waals surface area contributed by atoms with Gasteiger partial charge in [-0.2, -0.15) is 0 Å². The van der Waals surface area contributed by atoms with Crippen LogP contribution in [-0.4, -0.2) is 35.4 Å². The van der Waals surface area contributed by atoms with Crippen molar-refractivity contribution in [2.75, 3.05) is 13.2 Å². The van der Waals surface area contributed by atoms with Gasteiger partial charge in [0.25, 0.3) is 0 Å². The highest BCUT2D eigenvalue weighted by Crippen LogP contribution is 2.37. The molecule has 2 unspecified atom stereocenters. The molecule has 0 aliphatic carbocycles. The van der Waals surface area contributed by atoms with Crippen molar-refractivity contribution in [1.29, 1.82) is 0 Å². The second-order valence-electron chi connectivity index (χ2n) is 5.95. The third-order valence-corrected chi connectivity index (χ3v) is 4.41. The zero-order valence-corrected chi connectivity index (χ0v) is 11.2. The first-order valence-corrected chi connectivity index (χ1v) is 7.14. The largest absolute Gasteiger partial charge is 0.385 e. The van der Waals surface area contributed by atoms with Crippen LogP contribution in [0.3, 0.4) is 0 Å². The average Bonchev–Trinajstić information content (AvgIpc) is 2.46. The number of benzene rings is 1. The molecule has 4 heteroatoms. The molecule has 2 bridgehead atoms. The average molecular weight is 270 g/mol. The summed E-state index contributed by atoms with van der Waals surface area (Å²) >= 11 is 0. The summed E-state index contributed by atoms with van der Waals surface area (Å²) < 4.78 is 5.55. The standard InChI is InChI=1S/C16H18N2O2/c19-16(6-13-9-20-10-14(7-16)18-13)12-5-11-3-1-2-4-15(11)17-8-12/h1-5,8,13-14,18-19H,6-7,9-10H2. The van der Waals surface area contributed by atoms with E-state index in [9.17, 15) is 5.11 Å². The number of rotatable bonds is 1. The number of aromatic nitrogens is 1. The maximum Gasteiger partial charge on any atom is 0.0943 e. The van der Waals surface area contributed by atoms with Gasteiger partial charge in [-0.1, -0.05) is 18.2 Å². The van der Waals surface area contributed by atoms with Crippen LogP contribution in [0.4, 0.5) is 0 Å². The number of hydrogen-bond donors (Lipinski definition) is 2. The Kier molecular flexibility index (Phi) is 2.77. The van der Waals surface area contributed by atoms with Crippen LogP contribution in [0, 0.1) is 0 Å². The number of hydrogen-bond acceptors (Lipinski definition) is 4. The van der Waals surface area contributed by atoms with E-state index in [0.717, 1.165) is 16.5 Å². The van der Waals surface area contributed by atoms with Crippen molar-refractivity contribution in [1.82, 2.24) is 10.3 Å². The Morgan fingerprint density at radius 1 is 1.20 bits per heavy atom. The predicted molar refractivity (Wildman–Crippen MR) is 76.4 cm³/mol. The Morgan fingerprint density at radius 3 is 2.75 bits per heavy atom. The van der Waals surface area contributed by atoms with Crippen molar-refractivity contribution >= 4 is 10.9 Å². The van der Waals surface area contributed by atoms with E-state index in [1.165, 1.54) is 0 Å². The Morgan fingerprint density at radius 2 is 1.95 bits per heavy atom. The van der Waals surface area contributed by atoms with E-state index in [2.05, 4.69) is 16.4 Å². The smallest absolute Gasteiger partial charge is 0.0943 e. The van der Waals surface area contributed by atoms with Crippen molar-refractivity contribution in [2.45, 2.75) is 30.5 Å². The SMILES string of the molecule is OC1(c2cnc3ccccc3c2)CC2COCC(C1)N2. The molecule has 4 nitrogen and oxygen atoms in total. The molecule has 2 N–H and O–H groups in total. The van der Waals surface area contributed by atoms with E-state index in [4.69, 9.17) is 4.74 Å². The predicted octanol–water partition coefficient (Wildman–Crippen LogP) is 1.57. The number of pyridine rings is 1. The lowest BCUT2D eigenvalue weighted by Crippen LogP contribution is -2.58. The summed E-state index contributed by atoms with van der Waals surface area (Å²) in [7, 11) is 0. The lowest BCUT2D eigenvalue weighted by Gasteiger charge is -2.45. The van der Waals surface area contributed by atoms with Crippen molar-refractivity contribution in [3.8, 4) is 0 Å². The van der Waals surface area contributed by atoms with Crippen LogP contribution in [0.5, 0.6) is 0 Å². The summed E-state index contributed by atoms with van der Waals surface area (Å²) in [5, 5.41) is 15.7. The van der Waals surface area contributed by atoms with Gasteiger partial charge in [-0.05, 0) is 25.0 Å². The quantitative estimate of drug-likeness (QED) is 0.826. The molecule has 104 valence electrons. The zero-order valence-electron chi connectivity index (χ0n) is 11.2. The third kappa shape index (κ3) is 2.00. The van der Waals surface area contributed by atoms with Gasteiger partial charge in [0.2, 0.25) is 0 Å². The molecule has 2 aromatic rings. The second-order valence-corrected chi connectivity index (χ2v) is 5.95. The maximum atomic E-state index is 11.1. The zero-order chi connectivity index (χ0) is 13.6. The fraction of sp³-hybridized carbons (Fsp3) is 0.438. The number of fused-ring (bicyclic) bond motifs is 3. The van der Waals surface area contributed by atoms with E-state index >= 15 is 0 Å². The van der Waals surface area contributed by atoms with Crippen molar-refractivity contribution in [2.24, 2.45) is 0 Å². The van der Waals surface area contributed by atoms with Gasteiger partial charge >= 0.3 is 0 Å².